The Hall–Kier alpha value is -2.95. The molecule has 1 fully saturated rings. The minimum atomic E-state index is 0.278. The molecule has 0 bridgehead atoms. The number of rotatable bonds is 5. The molecule has 1 saturated carbocycles. The third-order valence-electron chi connectivity index (χ3n) is 5.99. The Morgan fingerprint density at radius 1 is 0.968 bits per heavy atom. The van der Waals surface area contributed by atoms with E-state index in [-0.39, 0.29) is 10.8 Å². The van der Waals surface area contributed by atoms with Crippen LogP contribution in [-0.4, -0.2) is 20.6 Å². The predicted octanol–water partition coefficient (Wildman–Crippen LogP) is 6.13. The monoisotopic (exact) mass is 416 g/mol. The van der Waals surface area contributed by atoms with Gasteiger partial charge in [0.25, 0.3) is 0 Å². The molecule has 0 saturated heterocycles. The van der Waals surface area contributed by atoms with Crippen LogP contribution in [0.4, 0.5) is 0 Å². The fourth-order valence-corrected chi connectivity index (χ4v) is 5.29. The number of ether oxygens (including phenoxy) is 1. The van der Waals surface area contributed by atoms with Crippen molar-refractivity contribution in [1.29, 1.82) is 0 Å². The number of hydrogen-bond acceptors (Lipinski definition) is 4. The van der Waals surface area contributed by atoms with Gasteiger partial charge in [0.05, 0.1) is 0 Å². The lowest BCUT2D eigenvalue weighted by Gasteiger charge is -2.43. The minimum absolute atomic E-state index is 0.278. The molecule has 1 aromatic heterocycles. The number of aromatic nitrogens is 4. The number of H-pyrrole nitrogens is 1. The van der Waals surface area contributed by atoms with E-state index in [1.165, 1.54) is 28.7 Å². The van der Waals surface area contributed by atoms with Crippen LogP contribution >= 0.6 is 0 Å². The topological polar surface area (TPSA) is 63.7 Å². The lowest BCUT2D eigenvalue weighted by molar-refractivity contribution is 0.154. The van der Waals surface area contributed by atoms with Gasteiger partial charge in [-0.15, -0.1) is 5.10 Å². The molecule has 0 aliphatic heterocycles. The van der Waals surface area contributed by atoms with Crippen LogP contribution in [0.1, 0.15) is 69.5 Å². The zero-order chi connectivity index (χ0) is 22.1. The van der Waals surface area contributed by atoms with Gasteiger partial charge in [0.2, 0.25) is 0 Å². The Morgan fingerprint density at radius 3 is 2.32 bits per heavy atom. The lowest BCUT2D eigenvalue weighted by atomic mass is 9.62. The van der Waals surface area contributed by atoms with Crippen molar-refractivity contribution in [3.05, 3.63) is 76.6 Å². The molecule has 0 spiro atoms. The van der Waals surface area contributed by atoms with Crippen LogP contribution in [0.15, 0.2) is 54.1 Å². The number of aromatic amines is 1. The van der Waals surface area contributed by atoms with Gasteiger partial charge in [0, 0.05) is 0 Å². The highest BCUT2D eigenvalue weighted by Crippen LogP contribution is 2.51. The standard InChI is InChI=1S/C26H32N4O/c1-18-11-12-20(13-22(18)31-16-23-27-29-30-28-23)24(19-9-7-6-8-10-19)21-14-25(2,3)17-26(4,5)15-21/h6-13H,14-17H2,1-5H3,(H,27,28,29,30). The van der Waals surface area contributed by atoms with Gasteiger partial charge in [0.15, 0.2) is 5.82 Å². The zero-order valence-electron chi connectivity index (χ0n) is 19.2. The second-order valence-electron chi connectivity index (χ2n) is 10.3. The van der Waals surface area contributed by atoms with E-state index < -0.39 is 0 Å². The quantitative estimate of drug-likeness (QED) is 0.544. The highest BCUT2D eigenvalue weighted by atomic mass is 16.5. The molecule has 3 aromatic rings. The molecule has 1 heterocycles. The molecule has 162 valence electrons. The molecular weight excluding hydrogens is 384 g/mol. The summed E-state index contributed by atoms with van der Waals surface area (Å²) in [4.78, 5) is 0. The number of tetrazole rings is 1. The summed E-state index contributed by atoms with van der Waals surface area (Å²) in [7, 11) is 0. The first-order chi connectivity index (χ1) is 14.7. The highest BCUT2D eigenvalue weighted by molar-refractivity contribution is 5.83. The van der Waals surface area contributed by atoms with Gasteiger partial charge >= 0.3 is 0 Å². The van der Waals surface area contributed by atoms with Crippen LogP contribution in [0.3, 0.4) is 0 Å². The van der Waals surface area contributed by atoms with Crippen molar-refractivity contribution in [1.82, 2.24) is 20.6 Å². The van der Waals surface area contributed by atoms with Crippen molar-refractivity contribution < 1.29 is 4.74 Å². The van der Waals surface area contributed by atoms with Gasteiger partial charge in [-0.25, -0.2) is 5.10 Å². The van der Waals surface area contributed by atoms with E-state index in [9.17, 15) is 0 Å². The maximum absolute atomic E-state index is 6.08. The number of nitrogens with one attached hydrogen (secondary N) is 1. The maximum atomic E-state index is 6.08. The van der Waals surface area contributed by atoms with E-state index in [4.69, 9.17) is 4.74 Å². The third-order valence-corrected chi connectivity index (χ3v) is 5.99. The summed E-state index contributed by atoms with van der Waals surface area (Å²) >= 11 is 0. The molecule has 0 atom stereocenters. The molecule has 31 heavy (non-hydrogen) atoms. The van der Waals surface area contributed by atoms with Crippen LogP contribution in [0.25, 0.3) is 5.57 Å². The van der Waals surface area contributed by atoms with Crippen molar-refractivity contribution >= 4 is 5.57 Å². The zero-order valence-corrected chi connectivity index (χ0v) is 19.2. The maximum Gasteiger partial charge on any atom is 0.186 e. The Labute approximate surface area is 184 Å². The van der Waals surface area contributed by atoms with E-state index in [0.29, 0.717) is 12.4 Å². The first-order valence-corrected chi connectivity index (χ1v) is 11.0. The van der Waals surface area contributed by atoms with E-state index in [2.05, 4.69) is 104 Å². The molecule has 1 N–H and O–H groups in total. The third kappa shape index (κ3) is 5.04. The summed E-state index contributed by atoms with van der Waals surface area (Å²) < 4.78 is 6.08. The van der Waals surface area contributed by atoms with Crippen LogP contribution in [0.5, 0.6) is 5.75 Å². The minimum Gasteiger partial charge on any atom is -0.485 e. The average molecular weight is 417 g/mol. The Morgan fingerprint density at radius 2 is 1.68 bits per heavy atom. The molecule has 5 nitrogen and oxygen atoms in total. The number of hydrogen-bond donors (Lipinski definition) is 1. The molecule has 1 aliphatic carbocycles. The first-order valence-electron chi connectivity index (χ1n) is 11.0. The Kier molecular flexibility index (Phi) is 5.69. The summed E-state index contributed by atoms with van der Waals surface area (Å²) in [6.07, 6.45) is 3.45. The molecule has 2 aromatic carbocycles. The second-order valence-corrected chi connectivity index (χ2v) is 10.3. The van der Waals surface area contributed by atoms with Gasteiger partial charge in [-0.3, -0.25) is 0 Å². The van der Waals surface area contributed by atoms with Crippen LogP contribution < -0.4 is 4.74 Å². The van der Waals surface area contributed by atoms with Crippen molar-refractivity contribution in [2.45, 2.75) is 60.5 Å². The number of aryl methyl sites for hydroxylation is 1. The van der Waals surface area contributed by atoms with E-state index in [1.54, 1.807) is 0 Å². The molecule has 0 amide bonds. The van der Waals surface area contributed by atoms with Gasteiger partial charge in [0.1, 0.15) is 12.4 Å². The number of allylic oxidation sites excluding steroid dienone is 1. The van der Waals surface area contributed by atoms with Crippen LogP contribution in [0, 0.1) is 17.8 Å². The van der Waals surface area contributed by atoms with Crippen molar-refractivity contribution in [2.75, 3.05) is 0 Å². The van der Waals surface area contributed by atoms with Crippen molar-refractivity contribution in [3.8, 4) is 5.75 Å². The fraction of sp³-hybridized carbons (Fsp3) is 0.423. The van der Waals surface area contributed by atoms with E-state index in [0.717, 1.165) is 24.2 Å². The highest BCUT2D eigenvalue weighted by Gasteiger charge is 2.37. The average Bonchev–Trinajstić information content (AvgIpc) is 3.20. The largest absolute Gasteiger partial charge is 0.485 e. The Balaban J connectivity index is 1.79. The summed E-state index contributed by atoms with van der Waals surface area (Å²) in [5, 5.41) is 13.9. The molecule has 1 aliphatic rings. The summed E-state index contributed by atoms with van der Waals surface area (Å²) in [5.74, 6) is 1.47. The van der Waals surface area contributed by atoms with Gasteiger partial charge < -0.3 is 4.74 Å². The first kappa shape index (κ1) is 21.3. The van der Waals surface area contributed by atoms with Crippen molar-refractivity contribution in [3.63, 3.8) is 0 Å². The molecule has 4 rings (SSSR count). The number of nitrogens with zero attached hydrogens (tertiary/aromatic N) is 3. The Bertz CT molecular complexity index is 1050. The van der Waals surface area contributed by atoms with Crippen LogP contribution in [0.2, 0.25) is 0 Å². The van der Waals surface area contributed by atoms with Crippen molar-refractivity contribution in [2.24, 2.45) is 10.8 Å². The summed E-state index contributed by atoms with van der Waals surface area (Å²) in [5.41, 5.74) is 6.99. The van der Waals surface area contributed by atoms with Crippen LogP contribution in [-0.2, 0) is 6.61 Å². The summed E-state index contributed by atoms with van der Waals surface area (Å²) in [6.45, 7) is 12.0. The van der Waals surface area contributed by atoms with E-state index in [1.807, 2.05) is 0 Å². The number of benzene rings is 2. The molecule has 0 unspecified atom stereocenters. The normalized spacial score (nSPS) is 17.4. The molecule has 5 heteroatoms. The van der Waals surface area contributed by atoms with Gasteiger partial charge in [-0.05, 0) is 75.8 Å². The smallest absolute Gasteiger partial charge is 0.186 e. The second kappa shape index (κ2) is 8.29. The van der Waals surface area contributed by atoms with Gasteiger partial charge in [-0.2, -0.15) is 0 Å². The molecular formula is C26H32N4O. The summed E-state index contributed by atoms with van der Waals surface area (Å²) in [6, 6.07) is 17.3. The fourth-order valence-electron chi connectivity index (χ4n) is 5.29. The lowest BCUT2D eigenvalue weighted by Crippen LogP contribution is -2.30. The SMILES string of the molecule is Cc1ccc(C(=C2CC(C)(C)CC(C)(C)C2)c2ccccc2)cc1OCc1nnn[nH]1. The predicted molar refractivity (Wildman–Crippen MR) is 124 cm³/mol. The molecule has 0 radical (unpaired) electrons. The van der Waals surface area contributed by atoms with E-state index >= 15 is 0 Å². The van der Waals surface area contributed by atoms with Gasteiger partial charge in [-0.1, -0.05) is 75.7 Å².